The van der Waals surface area contributed by atoms with Crippen molar-refractivity contribution in [3.8, 4) is 17.1 Å². The van der Waals surface area contributed by atoms with Gasteiger partial charge in [-0.05, 0) is 55.7 Å². The number of pyridine rings is 1. The molecule has 5 rings (SSSR count). The molecule has 0 spiro atoms. The summed E-state index contributed by atoms with van der Waals surface area (Å²) in [6.45, 7) is 2.73. The van der Waals surface area contributed by atoms with Crippen LogP contribution in [-0.4, -0.2) is 23.2 Å². The van der Waals surface area contributed by atoms with Crippen LogP contribution in [0, 0.1) is 6.92 Å². The lowest BCUT2D eigenvalue weighted by Gasteiger charge is -2.12. The quantitative estimate of drug-likeness (QED) is 0.226. The first kappa shape index (κ1) is 25.1. The average molecular weight is 538 g/mol. The zero-order valence-corrected chi connectivity index (χ0v) is 21.9. The Bertz CT molecular complexity index is 1410. The zero-order chi connectivity index (χ0) is 25.9. The van der Waals surface area contributed by atoms with Crippen LogP contribution in [-0.2, 0) is 17.9 Å². The summed E-state index contributed by atoms with van der Waals surface area (Å²) >= 11 is 12.9. The van der Waals surface area contributed by atoms with Crippen LogP contribution in [0.3, 0.4) is 0 Å². The summed E-state index contributed by atoms with van der Waals surface area (Å²) in [5.74, 6) is 1.29. The molecule has 0 aliphatic heterocycles. The number of hydrogen-bond acceptors (Lipinski definition) is 7. The van der Waals surface area contributed by atoms with E-state index in [9.17, 15) is 4.79 Å². The Morgan fingerprint density at radius 2 is 1.81 bits per heavy atom. The second kappa shape index (κ2) is 10.8. The Hall–Kier alpha value is -3.55. The van der Waals surface area contributed by atoms with E-state index >= 15 is 0 Å². The molecule has 0 bridgehead atoms. The van der Waals surface area contributed by atoms with Gasteiger partial charge in [0.15, 0.2) is 0 Å². The summed E-state index contributed by atoms with van der Waals surface area (Å²) in [5, 5.41) is 8.70. The molecule has 0 unspecified atom stereocenters. The highest BCUT2D eigenvalue weighted by Gasteiger charge is 2.33. The topological polar surface area (TPSA) is 86.5 Å². The van der Waals surface area contributed by atoms with E-state index in [0.717, 1.165) is 41.1 Å². The Morgan fingerprint density at radius 3 is 2.46 bits per heavy atom. The number of aryl methyl sites for hydroxylation is 1. The van der Waals surface area contributed by atoms with E-state index in [2.05, 4.69) is 15.5 Å². The number of carbonyl (C=O) groups excluding carboxylic acids is 1. The van der Waals surface area contributed by atoms with Crippen LogP contribution in [0.25, 0.3) is 11.3 Å². The lowest BCUT2D eigenvalue weighted by Crippen LogP contribution is -2.05. The average Bonchev–Trinajstić information content (AvgIpc) is 3.67. The second-order valence-electron chi connectivity index (χ2n) is 8.86. The maximum Gasteiger partial charge on any atom is 0.337 e. The van der Waals surface area contributed by atoms with E-state index in [1.54, 1.807) is 30.3 Å². The molecule has 0 saturated heterocycles. The monoisotopic (exact) mass is 537 g/mol. The third-order valence-corrected chi connectivity index (χ3v) is 6.88. The number of methoxy groups -OCH3 is 1. The number of carbonyl (C=O) groups is 1. The van der Waals surface area contributed by atoms with Crippen LogP contribution in [0.15, 0.2) is 59.1 Å². The van der Waals surface area contributed by atoms with E-state index in [1.165, 1.54) is 7.11 Å². The van der Waals surface area contributed by atoms with Crippen LogP contribution in [0.5, 0.6) is 5.88 Å². The van der Waals surface area contributed by atoms with Gasteiger partial charge in [-0.15, -0.1) is 0 Å². The number of aromatic nitrogens is 2. The molecule has 1 saturated carbocycles. The molecule has 1 aliphatic carbocycles. The van der Waals surface area contributed by atoms with E-state index in [1.807, 2.05) is 31.2 Å². The highest BCUT2D eigenvalue weighted by atomic mass is 35.5. The van der Waals surface area contributed by atoms with Crippen molar-refractivity contribution in [3.63, 3.8) is 0 Å². The molecule has 0 amide bonds. The number of ether oxygens (including phenoxy) is 2. The minimum absolute atomic E-state index is 0.234. The Labute approximate surface area is 224 Å². The number of benzene rings is 2. The van der Waals surface area contributed by atoms with Crippen molar-refractivity contribution >= 4 is 34.9 Å². The summed E-state index contributed by atoms with van der Waals surface area (Å²) in [6, 6.07) is 16.4. The van der Waals surface area contributed by atoms with Crippen molar-refractivity contribution in [1.29, 1.82) is 0 Å². The van der Waals surface area contributed by atoms with Crippen LogP contribution in [0.1, 0.15) is 51.7 Å². The molecule has 1 N–H and O–H groups in total. The number of rotatable bonds is 9. The molecular formula is C28H25Cl2N3O4. The molecule has 0 atom stereocenters. The largest absolute Gasteiger partial charge is 0.473 e. The van der Waals surface area contributed by atoms with Gasteiger partial charge >= 0.3 is 5.97 Å². The molecule has 9 heteroatoms. The number of hydrogen-bond donors (Lipinski definition) is 1. The molecule has 2 aromatic carbocycles. The van der Waals surface area contributed by atoms with Gasteiger partial charge in [0.25, 0.3) is 0 Å². The summed E-state index contributed by atoms with van der Waals surface area (Å²) in [4.78, 5) is 16.2. The minimum Gasteiger partial charge on any atom is -0.473 e. The summed E-state index contributed by atoms with van der Waals surface area (Å²) in [5.41, 5.74) is 5.31. The predicted octanol–water partition coefficient (Wildman–Crippen LogP) is 7.21. The Kier molecular flexibility index (Phi) is 7.35. The molecule has 0 radical (unpaired) electrons. The van der Waals surface area contributed by atoms with Crippen molar-refractivity contribution in [3.05, 3.63) is 92.8 Å². The predicted molar refractivity (Wildman–Crippen MR) is 142 cm³/mol. The van der Waals surface area contributed by atoms with Crippen molar-refractivity contribution in [2.45, 2.75) is 38.8 Å². The van der Waals surface area contributed by atoms with E-state index in [0.29, 0.717) is 45.2 Å². The maximum atomic E-state index is 11.6. The first-order valence-electron chi connectivity index (χ1n) is 11.9. The Balaban J connectivity index is 1.28. The summed E-state index contributed by atoms with van der Waals surface area (Å²) in [7, 11) is 1.37. The molecule has 1 fully saturated rings. The molecule has 2 aromatic heterocycles. The van der Waals surface area contributed by atoms with Gasteiger partial charge < -0.3 is 19.3 Å². The molecule has 2 heterocycles. The van der Waals surface area contributed by atoms with E-state index in [-0.39, 0.29) is 12.6 Å². The van der Waals surface area contributed by atoms with Crippen LogP contribution >= 0.6 is 23.2 Å². The fraction of sp³-hybridized carbons (Fsp3) is 0.250. The van der Waals surface area contributed by atoms with Crippen LogP contribution in [0.2, 0.25) is 10.0 Å². The highest BCUT2D eigenvalue weighted by Crippen LogP contribution is 2.46. The fourth-order valence-corrected chi connectivity index (χ4v) is 4.65. The van der Waals surface area contributed by atoms with Crippen molar-refractivity contribution < 1.29 is 18.8 Å². The first-order valence-corrected chi connectivity index (χ1v) is 12.6. The number of anilines is 1. The second-order valence-corrected chi connectivity index (χ2v) is 9.67. The van der Waals surface area contributed by atoms with Crippen LogP contribution in [0.4, 0.5) is 5.69 Å². The lowest BCUT2D eigenvalue weighted by atomic mass is 10.0. The SMILES string of the molecule is COC(=O)c1ccc(CNc2ccc(OCc3c(-c4c(Cl)cccc4Cl)noc3C3CC3)nc2C)cc1. The molecule has 37 heavy (non-hydrogen) atoms. The minimum atomic E-state index is -0.354. The molecule has 4 aromatic rings. The third kappa shape index (κ3) is 5.58. The third-order valence-electron chi connectivity index (χ3n) is 6.25. The number of esters is 1. The van der Waals surface area contributed by atoms with Gasteiger partial charge in [0.05, 0.1) is 39.7 Å². The van der Waals surface area contributed by atoms with Crippen LogP contribution < -0.4 is 10.1 Å². The van der Waals surface area contributed by atoms with Crippen molar-refractivity contribution in [2.24, 2.45) is 0 Å². The summed E-state index contributed by atoms with van der Waals surface area (Å²) < 4.78 is 16.5. The zero-order valence-electron chi connectivity index (χ0n) is 20.4. The van der Waals surface area contributed by atoms with Crippen molar-refractivity contribution in [2.75, 3.05) is 12.4 Å². The molecule has 1 aliphatic rings. The number of nitrogens with zero attached hydrogens (tertiary/aromatic N) is 2. The lowest BCUT2D eigenvalue weighted by molar-refractivity contribution is 0.0600. The standard InChI is InChI=1S/C28H25Cl2N3O4/c1-16-23(31-14-17-6-8-19(9-7-17)28(34)35-2)12-13-24(32-16)36-15-20-26(33-37-27(20)18-10-11-18)25-21(29)4-3-5-22(25)30/h3-9,12-13,18,31H,10-11,14-15H2,1-2H3. The fourth-order valence-electron chi connectivity index (χ4n) is 4.07. The highest BCUT2D eigenvalue weighted by molar-refractivity contribution is 6.39. The first-order chi connectivity index (χ1) is 17.9. The number of nitrogens with one attached hydrogen (secondary N) is 1. The van der Waals surface area contributed by atoms with E-state index < -0.39 is 0 Å². The van der Waals surface area contributed by atoms with Crippen molar-refractivity contribution in [1.82, 2.24) is 10.1 Å². The molecule has 7 nitrogen and oxygen atoms in total. The number of halogens is 2. The van der Waals surface area contributed by atoms with Gasteiger partial charge in [-0.1, -0.05) is 46.6 Å². The van der Waals surface area contributed by atoms with Gasteiger partial charge in [0.1, 0.15) is 18.1 Å². The molecule has 190 valence electrons. The molecular weight excluding hydrogens is 513 g/mol. The van der Waals surface area contributed by atoms with Gasteiger partial charge in [-0.25, -0.2) is 9.78 Å². The Morgan fingerprint density at radius 1 is 1.08 bits per heavy atom. The smallest absolute Gasteiger partial charge is 0.337 e. The van der Waals surface area contributed by atoms with Gasteiger partial charge in [0, 0.05) is 24.1 Å². The van der Waals surface area contributed by atoms with Gasteiger partial charge in [-0.3, -0.25) is 0 Å². The summed E-state index contributed by atoms with van der Waals surface area (Å²) in [6.07, 6.45) is 2.11. The van der Waals surface area contributed by atoms with E-state index in [4.69, 9.17) is 37.2 Å². The van der Waals surface area contributed by atoms with Gasteiger partial charge in [-0.2, -0.15) is 0 Å². The van der Waals surface area contributed by atoms with Gasteiger partial charge in [0.2, 0.25) is 5.88 Å². The normalized spacial score (nSPS) is 12.9. The maximum absolute atomic E-state index is 11.6.